The number of hydrogen-bond donors (Lipinski definition) is 3. The maximum atomic E-state index is 10.5. The Bertz CT molecular complexity index is 240. The topological polar surface area (TPSA) is 92.0 Å². The highest BCUT2D eigenvalue weighted by Crippen LogP contribution is 2.09. The van der Waals surface area contributed by atoms with Gasteiger partial charge in [-0.2, -0.15) is 0 Å². The van der Waals surface area contributed by atoms with E-state index in [0.29, 0.717) is 5.69 Å². The van der Waals surface area contributed by atoms with E-state index >= 15 is 0 Å². The Kier molecular flexibility index (Phi) is 7.60. The van der Waals surface area contributed by atoms with Gasteiger partial charge in [-0.1, -0.05) is 0 Å². The van der Waals surface area contributed by atoms with Crippen molar-refractivity contribution in [1.82, 2.24) is 9.97 Å². The summed E-state index contributed by atoms with van der Waals surface area (Å²) >= 11 is 0. The summed E-state index contributed by atoms with van der Waals surface area (Å²) in [5, 5.41) is 8.62. The molecule has 0 bridgehead atoms. The summed E-state index contributed by atoms with van der Waals surface area (Å²) < 4.78 is 0. The lowest BCUT2D eigenvalue weighted by atomic mass is 10.1. The highest BCUT2D eigenvalue weighted by molar-refractivity contribution is 5.85. The summed E-state index contributed by atoms with van der Waals surface area (Å²) in [5.74, 6) is -1.60. The smallest absolute Gasteiger partial charge is 0.313 e. The molecule has 0 aromatic carbocycles. The van der Waals surface area contributed by atoms with E-state index in [0.717, 1.165) is 0 Å². The molecule has 0 saturated heterocycles. The molecule has 4 N–H and O–H groups in total. The van der Waals surface area contributed by atoms with Crippen molar-refractivity contribution in [1.29, 1.82) is 0 Å². The molecule has 1 unspecified atom stereocenters. The van der Waals surface area contributed by atoms with Crippen LogP contribution in [-0.2, 0) is 4.79 Å². The van der Waals surface area contributed by atoms with Gasteiger partial charge in [0.2, 0.25) is 0 Å². The predicted molar refractivity (Wildman–Crippen MR) is 52.5 cm³/mol. The molecule has 0 aliphatic carbocycles. The van der Waals surface area contributed by atoms with Gasteiger partial charge in [0, 0.05) is 12.7 Å². The molecule has 76 valence electrons. The van der Waals surface area contributed by atoms with Crippen molar-refractivity contribution in [2.45, 2.75) is 5.92 Å². The number of carboxylic acids is 1. The monoisotopic (exact) mass is 227 g/mol. The lowest BCUT2D eigenvalue weighted by Crippen LogP contribution is -2.21. The van der Waals surface area contributed by atoms with Crippen LogP contribution in [0.15, 0.2) is 12.5 Å². The molecule has 0 radical (unpaired) electrons. The fraction of sp³-hybridized carbons (Fsp3) is 0.333. The zero-order valence-electron chi connectivity index (χ0n) is 6.64. The molecular formula is C6H11Cl2N3O2. The first-order valence-electron chi connectivity index (χ1n) is 3.17. The average molecular weight is 228 g/mol. The third kappa shape index (κ3) is 3.63. The first-order valence-corrected chi connectivity index (χ1v) is 3.17. The number of carbonyl (C=O) groups is 1. The van der Waals surface area contributed by atoms with E-state index in [1.807, 2.05) is 0 Å². The molecule has 0 spiro atoms. The molecular weight excluding hydrogens is 217 g/mol. The van der Waals surface area contributed by atoms with Crippen molar-refractivity contribution < 1.29 is 9.90 Å². The van der Waals surface area contributed by atoms with Gasteiger partial charge in [0.05, 0.1) is 12.0 Å². The van der Waals surface area contributed by atoms with Crippen molar-refractivity contribution in [2.24, 2.45) is 5.73 Å². The van der Waals surface area contributed by atoms with Gasteiger partial charge in [0.15, 0.2) is 0 Å². The molecule has 0 fully saturated rings. The Morgan fingerprint density at radius 3 is 2.62 bits per heavy atom. The van der Waals surface area contributed by atoms with Crippen LogP contribution in [0, 0.1) is 0 Å². The molecule has 0 aliphatic heterocycles. The highest BCUT2D eigenvalue weighted by Gasteiger charge is 2.18. The second-order valence-corrected chi connectivity index (χ2v) is 2.13. The van der Waals surface area contributed by atoms with Gasteiger partial charge in [0.25, 0.3) is 0 Å². The number of nitrogens with one attached hydrogen (secondary N) is 1. The van der Waals surface area contributed by atoms with E-state index in [1.165, 1.54) is 12.5 Å². The first kappa shape index (κ1) is 14.7. The lowest BCUT2D eigenvalue weighted by molar-refractivity contribution is -0.138. The minimum absolute atomic E-state index is 0. The fourth-order valence-electron chi connectivity index (χ4n) is 0.818. The fourth-order valence-corrected chi connectivity index (χ4v) is 0.818. The number of aromatic nitrogens is 2. The Labute approximate surface area is 87.6 Å². The Balaban J connectivity index is 0. The molecule has 1 heterocycles. The van der Waals surface area contributed by atoms with Crippen LogP contribution >= 0.6 is 24.8 Å². The van der Waals surface area contributed by atoms with Gasteiger partial charge in [-0.05, 0) is 0 Å². The van der Waals surface area contributed by atoms with Crippen molar-refractivity contribution in [2.75, 3.05) is 6.54 Å². The summed E-state index contributed by atoms with van der Waals surface area (Å²) in [5.41, 5.74) is 5.78. The molecule has 1 rings (SSSR count). The molecule has 1 aromatic rings. The Hall–Kier alpha value is -0.780. The minimum atomic E-state index is -0.934. The molecule has 0 aliphatic rings. The third-order valence-corrected chi connectivity index (χ3v) is 1.43. The van der Waals surface area contributed by atoms with Crippen molar-refractivity contribution in [3.8, 4) is 0 Å². The standard InChI is InChI=1S/C6H9N3O2.2ClH/c7-1-4(6(10)11)5-2-8-3-9-5;;/h2-4H,1,7H2,(H,8,9)(H,10,11);2*1H. The zero-order valence-corrected chi connectivity index (χ0v) is 8.27. The molecule has 1 atom stereocenters. The highest BCUT2D eigenvalue weighted by atomic mass is 35.5. The quantitative estimate of drug-likeness (QED) is 0.697. The summed E-state index contributed by atoms with van der Waals surface area (Å²) in [6, 6.07) is 0. The van der Waals surface area contributed by atoms with Gasteiger partial charge in [-0.15, -0.1) is 24.8 Å². The van der Waals surface area contributed by atoms with Crippen LogP contribution in [0.4, 0.5) is 0 Å². The number of carboxylic acid groups (broad SMARTS) is 1. The lowest BCUT2D eigenvalue weighted by Gasteiger charge is -2.04. The number of aromatic amines is 1. The van der Waals surface area contributed by atoms with Crippen LogP contribution in [0.2, 0.25) is 0 Å². The SMILES string of the molecule is Cl.Cl.NCC(C(=O)O)c1cnc[nH]1. The van der Waals surface area contributed by atoms with E-state index in [-0.39, 0.29) is 31.4 Å². The maximum absolute atomic E-state index is 10.5. The molecule has 7 heteroatoms. The molecule has 0 amide bonds. The molecule has 1 aromatic heterocycles. The first-order chi connectivity index (χ1) is 5.25. The summed E-state index contributed by atoms with van der Waals surface area (Å²) in [6.45, 7) is 0.0809. The van der Waals surface area contributed by atoms with Crippen LogP contribution in [0.1, 0.15) is 11.6 Å². The average Bonchev–Trinajstić information content (AvgIpc) is 2.40. The van der Waals surface area contributed by atoms with Gasteiger partial charge < -0.3 is 15.8 Å². The number of imidazole rings is 1. The summed E-state index contributed by atoms with van der Waals surface area (Å²) in [7, 11) is 0. The summed E-state index contributed by atoms with van der Waals surface area (Å²) in [4.78, 5) is 16.9. The minimum Gasteiger partial charge on any atom is -0.481 e. The number of H-pyrrole nitrogens is 1. The second kappa shape index (κ2) is 6.71. The largest absolute Gasteiger partial charge is 0.481 e. The van der Waals surface area contributed by atoms with Gasteiger partial charge in [0.1, 0.15) is 5.92 Å². The third-order valence-electron chi connectivity index (χ3n) is 1.43. The Morgan fingerprint density at radius 2 is 2.31 bits per heavy atom. The van der Waals surface area contributed by atoms with Crippen molar-refractivity contribution in [3.63, 3.8) is 0 Å². The number of aliphatic carboxylic acids is 1. The summed E-state index contributed by atoms with van der Waals surface area (Å²) in [6.07, 6.45) is 2.90. The van der Waals surface area contributed by atoms with Crippen molar-refractivity contribution >= 4 is 30.8 Å². The van der Waals surface area contributed by atoms with E-state index in [9.17, 15) is 4.79 Å². The van der Waals surface area contributed by atoms with Crippen LogP contribution in [-0.4, -0.2) is 27.6 Å². The number of hydrogen-bond acceptors (Lipinski definition) is 3. The second-order valence-electron chi connectivity index (χ2n) is 2.13. The van der Waals surface area contributed by atoms with E-state index in [1.54, 1.807) is 0 Å². The van der Waals surface area contributed by atoms with E-state index < -0.39 is 11.9 Å². The van der Waals surface area contributed by atoms with E-state index in [2.05, 4.69) is 9.97 Å². The molecule has 0 saturated carbocycles. The normalized spacial score (nSPS) is 10.8. The van der Waals surface area contributed by atoms with Gasteiger partial charge >= 0.3 is 5.97 Å². The maximum Gasteiger partial charge on any atom is 0.313 e. The number of halogens is 2. The van der Waals surface area contributed by atoms with Crippen molar-refractivity contribution in [3.05, 3.63) is 18.2 Å². The number of nitrogens with zero attached hydrogens (tertiary/aromatic N) is 1. The van der Waals surface area contributed by atoms with Gasteiger partial charge in [-0.3, -0.25) is 4.79 Å². The van der Waals surface area contributed by atoms with Crippen LogP contribution in [0.25, 0.3) is 0 Å². The van der Waals surface area contributed by atoms with Gasteiger partial charge in [-0.25, -0.2) is 4.98 Å². The van der Waals surface area contributed by atoms with Crippen LogP contribution in [0.3, 0.4) is 0 Å². The molecule has 13 heavy (non-hydrogen) atoms. The number of rotatable bonds is 3. The Morgan fingerprint density at radius 1 is 1.69 bits per heavy atom. The van der Waals surface area contributed by atoms with Crippen LogP contribution < -0.4 is 5.73 Å². The van der Waals surface area contributed by atoms with Crippen LogP contribution in [0.5, 0.6) is 0 Å². The molecule has 5 nitrogen and oxygen atoms in total. The predicted octanol–water partition coefficient (Wildman–Crippen LogP) is 0.380. The van der Waals surface area contributed by atoms with E-state index in [4.69, 9.17) is 10.8 Å². The number of nitrogens with two attached hydrogens (primary N) is 1. The zero-order chi connectivity index (χ0) is 8.27.